The van der Waals surface area contributed by atoms with Gasteiger partial charge in [-0.05, 0) is 26.3 Å². The number of nitro groups is 1. The Morgan fingerprint density at radius 2 is 2.07 bits per heavy atom. The van der Waals surface area contributed by atoms with Crippen LogP contribution in [0.3, 0.4) is 0 Å². The van der Waals surface area contributed by atoms with E-state index in [1.165, 1.54) is 36.3 Å². The Morgan fingerprint density at radius 1 is 1.37 bits per heavy atom. The number of imidazole rings is 1. The third kappa shape index (κ3) is 3.84. The van der Waals surface area contributed by atoms with Crippen molar-refractivity contribution in [1.29, 1.82) is 0 Å². The summed E-state index contributed by atoms with van der Waals surface area (Å²) in [7, 11) is -4.40. The second-order valence-electron chi connectivity index (χ2n) is 6.73. The van der Waals surface area contributed by atoms with Crippen LogP contribution in [-0.2, 0) is 9.09 Å². The van der Waals surface area contributed by atoms with Gasteiger partial charge in [-0.3, -0.25) is 28.8 Å². The molecule has 0 aliphatic carbocycles. The number of nitro benzene ring substituents is 1. The predicted molar refractivity (Wildman–Crippen MR) is 108 cm³/mol. The molecule has 160 valence electrons. The van der Waals surface area contributed by atoms with E-state index >= 15 is 0 Å². The Morgan fingerprint density at radius 3 is 2.63 bits per heavy atom. The van der Waals surface area contributed by atoms with Gasteiger partial charge >= 0.3 is 18.7 Å². The maximum absolute atomic E-state index is 12.8. The first-order valence-corrected chi connectivity index (χ1v) is 10.7. The highest BCUT2D eigenvalue weighted by molar-refractivity contribution is 7.52. The summed E-state index contributed by atoms with van der Waals surface area (Å²) in [5, 5.41) is 11.7. The fourth-order valence-electron chi connectivity index (χ4n) is 2.95. The van der Waals surface area contributed by atoms with Gasteiger partial charge < -0.3 is 19.0 Å². The maximum Gasteiger partial charge on any atom is 0.350 e. The van der Waals surface area contributed by atoms with E-state index in [2.05, 4.69) is 9.97 Å². The molecular formula is C17H20N5O7P. The van der Waals surface area contributed by atoms with Crippen molar-refractivity contribution in [2.24, 2.45) is 0 Å². The zero-order valence-corrected chi connectivity index (χ0v) is 17.3. The third-order valence-electron chi connectivity index (χ3n) is 4.74. The molecule has 0 aliphatic rings. The van der Waals surface area contributed by atoms with Gasteiger partial charge in [-0.15, -0.1) is 0 Å². The second kappa shape index (κ2) is 7.98. The zero-order valence-electron chi connectivity index (χ0n) is 16.4. The largest absolute Gasteiger partial charge is 0.350 e. The highest BCUT2D eigenvalue weighted by Gasteiger charge is 2.34. The van der Waals surface area contributed by atoms with Gasteiger partial charge in [-0.25, -0.2) is 4.98 Å². The number of hydrogen-bond acceptors (Lipinski definition) is 7. The van der Waals surface area contributed by atoms with Crippen molar-refractivity contribution in [2.75, 3.05) is 0 Å². The lowest BCUT2D eigenvalue weighted by atomic mass is 10.2. The molecule has 3 unspecified atom stereocenters. The van der Waals surface area contributed by atoms with E-state index in [0.717, 1.165) is 10.6 Å². The van der Waals surface area contributed by atoms with Gasteiger partial charge in [0.05, 0.1) is 28.4 Å². The Kier molecular flexibility index (Phi) is 5.75. The number of rotatable bonds is 7. The fraction of sp³-hybridized carbons (Fsp3) is 0.353. The molecule has 0 fully saturated rings. The number of benzene rings is 1. The molecule has 1 aromatic carbocycles. The number of fused-ring (bicyclic) bond motifs is 1. The Hall–Kier alpha value is -3.08. The van der Waals surface area contributed by atoms with Gasteiger partial charge in [-0.1, -0.05) is 6.92 Å². The molecule has 2 aromatic heterocycles. The molecule has 2 heterocycles. The van der Waals surface area contributed by atoms with Gasteiger partial charge in [0.15, 0.2) is 0 Å². The average molecular weight is 437 g/mol. The summed E-state index contributed by atoms with van der Waals surface area (Å²) in [6, 6.07) is 2.37. The van der Waals surface area contributed by atoms with Crippen LogP contribution in [0.15, 0.2) is 40.4 Å². The highest BCUT2D eigenvalue weighted by Crippen LogP contribution is 2.55. The number of aromatic nitrogens is 4. The molecule has 0 radical (unpaired) electrons. The number of aromatic amines is 1. The van der Waals surface area contributed by atoms with Gasteiger partial charge in [0.1, 0.15) is 11.5 Å². The summed E-state index contributed by atoms with van der Waals surface area (Å²) < 4.78 is 20.1. The summed E-state index contributed by atoms with van der Waals surface area (Å²) in [6.45, 7) is 4.60. The smallest absolute Gasteiger partial charge is 0.323 e. The Balaban J connectivity index is 2.32. The summed E-state index contributed by atoms with van der Waals surface area (Å²) in [5.74, 6) is -1.46. The van der Waals surface area contributed by atoms with Crippen molar-refractivity contribution < 1.29 is 18.9 Å². The van der Waals surface area contributed by atoms with Crippen LogP contribution >= 0.6 is 7.60 Å². The second-order valence-corrected chi connectivity index (χ2v) is 8.82. The van der Waals surface area contributed by atoms with E-state index in [1.54, 1.807) is 13.8 Å². The van der Waals surface area contributed by atoms with Gasteiger partial charge in [0, 0.05) is 18.5 Å². The number of hydrogen-bond donors (Lipinski definition) is 2. The summed E-state index contributed by atoms with van der Waals surface area (Å²) in [4.78, 5) is 52.4. The van der Waals surface area contributed by atoms with Crippen LogP contribution in [-0.4, -0.2) is 35.0 Å². The lowest BCUT2D eigenvalue weighted by Gasteiger charge is -2.24. The van der Waals surface area contributed by atoms with E-state index in [9.17, 15) is 29.2 Å². The molecule has 0 saturated heterocycles. The normalized spacial score (nSPS) is 15.6. The lowest BCUT2D eigenvalue weighted by molar-refractivity contribution is -0.384. The van der Waals surface area contributed by atoms with Gasteiger partial charge in [-0.2, -0.15) is 0 Å². The first-order chi connectivity index (χ1) is 14.1. The summed E-state index contributed by atoms with van der Waals surface area (Å²) in [6.07, 6.45) is 4.12. The minimum absolute atomic E-state index is 0.0734. The molecule has 3 rings (SSSR count). The zero-order chi connectivity index (χ0) is 22.2. The van der Waals surface area contributed by atoms with Crippen molar-refractivity contribution in [2.45, 2.75) is 39.1 Å². The standard InChI is InChI=1S/C17H20N5O7P/c1-4-10(2)29-30(27,28)11(3)21-13-8-15(22(25)26)14(20-6-5-18-9-20)7-12(13)19-16(23)17(21)24/h5-11H,4H2,1-3H3,(H,19,23)(H,27,28). The van der Waals surface area contributed by atoms with Crippen LogP contribution in [0.5, 0.6) is 0 Å². The SMILES string of the molecule is CCC(C)OP(=O)(O)C(C)n1c(=O)c(=O)[nH]c2cc(-n3ccnc3)c([N+](=O)[O-])cc21. The van der Waals surface area contributed by atoms with Crippen molar-refractivity contribution in [3.05, 3.63) is 61.7 Å². The molecule has 0 saturated carbocycles. The number of nitrogens with zero attached hydrogens (tertiary/aromatic N) is 4. The van der Waals surface area contributed by atoms with E-state index < -0.39 is 35.5 Å². The predicted octanol–water partition coefficient (Wildman–Crippen LogP) is 2.30. The molecule has 0 bridgehead atoms. The first-order valence-electron chi connectivity index (χ1n) is 9.03. The van der Waals surface area contributed by atoms with Crippen molar-refractivity contribution in [1.82, 2.24) is 19.1 Å². The molecule has 13 heteroatoms. The minimum Gasteiger partial charge on any atom is -0.323 e. The van der Waals surface area contributed by atoms with Gasteiger partial charge in [0.2, 0.25) is 0 Å². The average Bonchev–Trinajstić information content (AvgIpc) is 3.21. The molecule has 3 atom stereocenters. The van der Waals surface area contributed by atoms with Crippen LogP contribution < -0.4 is 11.1 Å². The molecule has 2 N–H and O–H groups in total. The number of nitrogens with one attached hydrogen (secondary N) is 1. The monoisotopic (exact) mass is 437 g/mol. The Bertz CT molecular complexity index is 1260. The summed E-state index contributed by atoms with van der Waals surface area (Å²) >= 11 is 0. The molecule has 12 nitrogen and oxygen atoms in total. The maximum atomic E-state index is 12.8. The third-order valence-corrected chi connectivity index (χ3v) is 6.58. The highest BCUT2D eigenvalue weighted by atomic mass is 31.2. The van der Waals surface area contributed by atoms with Crippen LogP contribution in [0.4, 0.5) is 5.69 Å². The Labute approximate surface area is 169 Å². The van der Waals surface area contributed by atoms with Crippen molar-refractivity contribution in [3.8, 4) is 5.69 Å². The van der Waals surface area contributed by atoms with Crippen molar-refractivity contribution >= 4 is 24.3 Å². The molecule has 30 heavy (non-hydrogen) atoms. The van der Waals surface area contributed by atoms with Gasteiger partial charge in [0.25, 0.3) is 5.69 Å². The molecular weight excluding hydrogens is 417 g/mol. The fourth-order valence-corrected chi connectivity index (χ4v) is 4.31. The van der Waals surface area contributed by atoms with Crippen LogP contribution in [0.1, 0.15) is 33.0 Å². The van der Waals surface area contributed by atoms with Crippen LogP contribution in [0, 0.1) is 10.1 Å². The quantitative estimate of drug-likeness (QED) is 0.246. The molecule has 0 aliphatic heterocycles. The van der Waals surface area contributed by atoms with E-state index in [-0.39, 0.29) is 22.4 Å². The van der Waals surface area contributed by atoms with E-state index in [0.29, 0.717) is 6.42 Å². The van der Waals surface area contributed by atoms with Crippen molar-refractivity contribution in [3.63, 3.8) is 0 Å². The molecule has 0 spiro atoms. The molecule has 3 aromatic rings. The first kappa shape index (κ1) is 21.6. The molecule has 0 amide bonds. The number of H-pyrrole nitrogens is 1. The van der Waals surface area contributed by atoms with Crippen LogP contribution in [0.2, 0.25) is 0 Å². The van der Waals surface area contributed by atoms with E-state index in [4.69, 9.17) is 4.52 Å². The lowest BCUT2D eigenvalue weighted by Crippen LogP contribution is -2.38. The van der Waals surface area contributed by atoms with Crippen LogP contribution in [0.25, 0.3) is 16.7 Å². The summed E-state index contributed by atoms with van der Waals surface area (Å²) in [5.41, 5.74) is -2.45. The van der Waals surface area contributed by atoms with E-state index in [1.807, 2.05) is 0 Å². The minimum atomic E-state index is -4.40. The topological polar surface area (TPSA) is 162 Å².